The molecule has 1 aromatic carbocycles. The van der Waals surface area contributed by atoms with Crippen LogP contribution in [0.1, 0.15) is 13.8 Å². The van der Waals surface area contributed by atoms with Crippen LogP contribution in [0, 0.1) is 6.85 Å². The maximum atomic E-state index is 7.77. The van der Waals surface area contributed by atoms with Crippen molar-refractivity contribution in [2.75, 3.05) is 0 Å². The molecule has 0 saturated heterocycles. The zero-order chi connectivity index (χ0) is 12.8. The van der Waals surface area contributed by atoms with Gasteiger partial charge in [0.1, 0.15) is 0 Å². The molecule has 0 radical (unpaired) electrons. The highest BCUT2D eigenvalue weighted by Crippen LogP contribution is 2.08. The van der Waals surface area contributed by atoms with Crippen LogP contribution in [0.4, 0.5) is 0 Å². The molecule has 11 heavy (non-hydrogen) atoms. The van der Waals surface area contributed by atoms with E-state index in [0.29, 0.717) is 0 Å². The maximum absolute atomic E-state index is 7.77. The Morgan fingerprint density at radius 3 is 2.91 bits per heavy atom. The molecule has 2 heteroatoms. The number of benzene rings is 1. The summed E-state index contributed by atoms with van der Waals surface area (Å²) in [5.74, 6) is 0. The molecular formula is C9H8N2. The largest absolute Gasteiger partial charge is 0.253 e. The summed E-state index contributed by atoms with van der Waals surface area (Å²) in [6.45, 7) is -2.60. The predicted molar refractivity (Wildman–Crippen MR) is 44.3 cm³/mol. The van der Waals surface area contributed by atoms with Gasteiger partial charge in [-0.3, -0.25) is 9.97 Å². The number of aromatic nitrogens is 2. The van der Waals surface area contributed by atoms with E-state index in [0.717, 1.165) is 0 Å². The Bertz CT molecular complexity index is 592. The average molecular weight is 150 g/mol. The van der Waals surface area contributed by atoms with Gasteiger partial charge in [-0.1, -0.05) is 6.04 Å². The lowest BCUT2D eigenvalue weighted by atomic mass is 10.2. The molecule has 0 aliphatic rings. The van der Waals surface area contributed by atoms with Crippen LogP contribution in [0.2, 0.25) is 0 Å². The van der Waals surface area contributed by atoms with Crippen LogP contribution in [-0.2, 0) is 0 Å². The van der Waals surface area contributed by atoms with Crippen molar-refractivity contribution in [3.8, 4) is 0 Å². The van der Waals surface area contributed by atoms with Crippen molar-refractivity contribution in [3.63, 3.8) is 0 Å². The van der Waals surface area contributed by atoms with Crippen LogP contribution in [0.25, 0.3) is 11.0 Å². The minimum absolute atomic E-state index is 0.0413. The molecule has 0 amide bonds. The van der Waals surface area contributed by atoms with Gasteiger partial charge in [0.15, 0.2) is 0 Å². The second-order valence-electron chi connectivity index (χ2n) is 2.00. The molecule has 54 valence electrons. The average Bonchev–Trinajstić information content (AvgIpc) is 2.24. The predicted octanol–water partition coefficient (Wildman–Crippen LogP) is 1.94. The smallest absolute Gasteiger partial charge is 0.0889 e. The van der Waals surface area contributed by atoms with Crippen LogP contribution in [0.15, 0.2) is 30.5 Å². The minimum atomic E-state index is -2.60. The van der Waals surface area contributed by atoms with Crippen molar-refractivity contribution < 1.29 is 8.22 Å². The molecule has 0 saturated carbocycles. The number of fused-ring (bicyclic) bond motifs is 1. The van der Waals surface area contributed by atoms with E-state index in [4.69, 9.17) is 8.22 Å². The highest BCUT2D eigenvalue weighted by molar-refractivity contribution is 5.74. The lowest BCUT2D eigenvalue weighted by Gasteiger charge is -1.95. The van der Waals surface area contributed by atoms with Crippen LogP contribution in [0.5, 0.6) is 0 Å². The molecule has 2 rings (SSSR count). The van der Waals surface area contributed by atoms with Gasteiger partial charge in [-0.2, -0.15) is 0 Å². The zero-order valence-corrected chi connectivity index (χ0v) is 5.55. The first-order valence-electron chi connectivity index (χ1n) is 6.05. The van der Waals surface area contributed by atoms with Gasteiger partial charge in [0, 0.05) is 16.5 Å². The monoisotopic (exact) mass is 150 g/mol. The fraction of sp³-hybridized carbons (Fsp3) is 0.111. The van der Waals surface area contributed by atoms with Crippen molar-refractivity contribution in [1.29, 1.82) is 0 Å². The van der Waals surface area contributed by atoms with Crippen LogP contribution < -0.4 is 0 Å². The van der Waals surface area contributed by atoms with Gasteiger partial charge >= 0.3 is 0 Å². The Hall–Kier alpha value is -1.44. The minimum Gasteiger partial charge on any atom is -0.253 e. The number of hydrogen-bond donors (Lipinski definition) is 0. The van der Waals surface area contributed by atoms with Crippen molar-refractivity contribution in [3.05, 3.63) is 36.1 Å². The molecule has 1 heterocycles. The molecule has 2 aromatic rings. The van der Waals surface area contributed by atoms with Crippen molar-refractivity contribution in [1.82, 2.24) is 9.97 Å². The van der Waals surface area contributed by atoms with Gasteiger partial charge in [0.25, 0.3) is 0 Å². The summed E-state index contributed by atoms with van der Waals surface area (Å²) in [7, 11) is 0. The number of nitrogens with zero attached hydrogens (tertiary/aromatic N) is 2. The standard InChI is InChI=1S/C9H8N2/c1-7-2-3-8-9(6-7)11-5-4-10-8/h2-6H,1H3/i1D3,2D,3D,6D. The van der Waals surface area contributed by atoms with Gasteiger partial charge < -0.3 is 0 Å². The molecule has 0 fully saturated rings. The molecule has 0 spiro atoms. The second kappa shape index (κ2) is 2.31. The third kappa shape index (κ3) is 1.07. The zero-order valence-electron chi connectivity index (χ0n) is 11.5. The van der Waals surface area contributed by atoms with Gasteiger partial charge in [-0.05, 0) is 24.5 Å². The van der Waals surface area contributed by atoms with Gasteiger partial charge in [0.05, 0.1) is 15.1 Å². The quantitative estimate of drug-likeness (QED) is 0.573. The van der Waals surface area contributed by atoms with E-state index in [-0.39, 0.29) is 23.1 Å². The Kier molecular flexibility index (Phi) is 0.536. The number of hydrogen-bond acceptors (Lipinski definition) is 2. The van der Waals surface area contributed by atoms with Crippen molar-refractivity contribution >= 4 is 11.0 Å². The summed E-state index contributed by atoms with van der Waals surface area (Å²) in [5.41, 5.74) is -0.328. The first-order valence-corrected chi connectivity index (χ1v) is 3.05. The van der Waals surface area contributed by atoms with Gasteiger partial charge in [-0.25, -0.2) is 0 Å². The van der Waals surface area contributed by atoms with E-state index in [1.807, 2.05) is 0 Å². The molecule has 0 N–H and O–H groups in total. The molecular weight excluding hydrogens is 136 g/mol. The first-order chi connectivity index (χ1) is 7.84. The maximum Gasteiger partial charge on any atom is 0.0889 e. The summed E-state index contributed by atoms with van der Waals surface area (Å²) in [6.07, 6.45) is 2.67. The molecule has 0 atom stereocenters. The summed E-state index contributed by atoms with van der Waals surface area (Å²) >= 11 is 0. The normalized spacial score (nSPS) is 19.3. The van der Waals surface area contributed by atoms with Crippen LogP contribution in [-0.4, -0.2) is 9.97 Å². The Balaban J connectivity index is 2.97. The van der Waals surface area contributed by atoms with Crippen LogP contribution in [0.3, 0.4) is 0 Å². The molecule has 2 nitrogen and oxygen atoms in total. The molecule has 0 bridgehead atoms. The van der Waals surface area contributed by atoms with Crippen molar-refractivity contribution in [2.24, 2.45) is 0 Å². The first kappa shape index (κ1) is 2.55. The van der Waals surface area contributed by atoms with E-state index < -0.39 is 18.5 Å². The lowest BCUT2D eigenvalue weighted by Crippen LogP contribution is -1.81. The topological polar surface area (TPSA) is 25.8 Å². The Labute approximate surface area is 73.3 Å². The van der Waals surface area contributed by atoms with E-state index in [9.17, 15) is 0 Å². The van der Waals surface area contributed by atoms with Crippen LogP contribution >= 0.6 is 0 Å². The SMILES string of the molecule is [2H]c1c(C([2H])([2H])[2H])c([2H])c2nccnc2c1[2H]. The summed E-state index contributed by atoms with van der Waals surface area (Å²) < 4.78 is 45.0. The number of rotatable bonds is 0. The molecule has 0 unspecified atom stereocenters. The third-order valence-electron chi connectivity index (χ3n) is 1.25. The fourth-order valence-electron chi connectivity index (χ4n) is 0.792. The lowest BCUT2D eigenvalue weighted by molar-refractivity contribution is 1.28. The molecule has 0 aliphatic carbocycles. The van der Waals surface area contributed by atoms with E-state index >= 15 is 0 Å². The summed E-state index contributed by atoms with van der Waals surface area (Å²) in [4.78, 5) is 7.71. The van der Waals surface area contributed by atoms with E-state index in [1.165, 1.54) is 12.4 Å². The highest BCUT2D eigenvalue weighted by Gasteiger charge is 1.92. The second-order valence-corrected chi connectivity index (χ2v) is 2.00. The van der Waals surface area contributed by atoms with E-state index in [1.54, 1.807) is 0 Å². The molecule has 1 aromatic heterocycles. The Morgan fingerprint density at radius 2 is 2.09 bits per heavy atom. The Morgan fingerprint density at radius 1 is 1.27 bits per heavy atom. The van der Waals surface area contributed by atoms with E-state index in [2.05, 4.69) is 9.97 Å². The van der Waals surface area contributed by atoms with Gasteiger partial charge in [-0.15, -0.1) is 0 Å². The fourth-order valence-corrected chi connectivity index (χ4v) is 0.792. The highest BCUT2D eigenvalue weighted by atomic mass is 14.8. The summed E-state index contributed by atoms with van der Waals surface area (Å²) in [5, 5.41) is 0. The molecule has 0 aliphatic heterocycles. The van der Waals surface area contributed by atoms with Crippen molar-refractivity contribution in [2.45, 2.75) is 6.85 Å². The summed E-state index contributed by atoms with van der Waals surface area (Å²) in [6, 6.07) is -1.15. The third-order valence-corrected chi connectivity index (χ3v) is 1.25. The van der Waals surface area contributed by atoms with Gasteiger partial charge in [0.2, 0.25) is 0 Å².